The average molecular weight is 947 g/mol. The minimum Gasteiger partial charge on any atom is -0.466 e. The lowest BCUT2D eigenvalue weighted by Crippen LogP contribution is -2.45. The molecular weight excluding hydrogens is 827 g/mol. The summed E-state index contributed by atoms with van der Waals surface area (Å²) in [5, 5.41) is 23.0. The number of amides is 1. The number of rotatable bonds is 57. The molecule has 0 rings (SSSR count). The van der Waals surface area contributed by atoms with Gasteiger partial charge in [-0.25, -0.2) is 0 Å². The fourth-order valence-electron chi connectivity index (χ4n) is 9.64. The first-order chi connectivity index (χ1) is 33.0. The molecule has 0 spiro atoms. The fraction of sp³-hybridized carbons (Fsp3) is 0.934. The molecule has 0 aromatic heterocycles. The molecule has 6 nitrogen and oxygen atoms in total. The Morgan fingerprint density at radius 1 is 0.403 bits per heavy atom. The second-order valence-corrected chi connectivity index (χ2v) is 21.0. The van der Waals surface area contributed by atoms with Crippen molar-refractivity contribution in [3.8, 4) is 0 Å². The molecule has 0 aliphatic carbocycles. The van der Waals surface area contributed by atoms with Gasteiger partial charge in [0.2, 0.25) is 5.91 Å². The lowest BCUT2D eigenvalue weighted by atomic mass is 10.0. The van der Waals surface area contributed by atoms with Gasteiger partial charge in [0.15, 0.2) is 0 Å². The number of aliphatic hydroxyl groups is 2. The van der Waals surface area contributed by atoms with Gasteiger partial charge in [0.25, 0.3) is 0 Å². The van der Waals surface area contributed by atoms with Gasteiger partial charge in [-0.3, -0.25) is 9.59 Å². The van der Waals surface area contributed by atoms with Crippen LogP contribution in [0.5, 0.6) is 0 Å². The maximum Gasteiger partial charge on any atom is 0.305 e. The van der Waals surface area contributed by atoms with Gasteiger partial charge in [0.05, 0.1) is 25.4 Å². The van der Waals surface area contributed by atoms with Crippen LogP contribution in [0.15, 0.2) is 12.2 Å². The fourth-order valence-corrected chi connectivity index (χ4v) is 9.64. The quantitative estimate of drug-likeness (QED) is 0.0321. The molecule has 0 aliphatic rings. The van der Waals surface area contributed by atoms with E-state index in [1.165, 1.54) is 276 Å². The van der Waals surface area contributed by atoms with Crippen LogP contribution in [0.2, 0.25) is 0 Å². The van der Waals surface area contributed by atoms with Crippen LogP contribution in [-0.4, -0.2) is 47.4 Å². The summed E-state index contributed by atoms with van der Waals surface area (Å²) in [5.74, 6) is -0.0529. The summed E-state index contributed by atoms with van der Waals surface area (Å²) in [5.41, 5.74) is 0. The highest BCUT2D eigenvalue weighted by Crippen LogP contribution is 2.18. The minimum atomic E-state index is -0.842. The molecule has 0 fully saturated rings. The van der Waals surface area contributed by atoms with Gasteiger partial charge in [-0.2, -0.15) is 0 Å². The Bertz CT molecular complexity index is 1000. The molecule has 0 aliphatic heterocycles. The molecule has 0 aromatic carbocycles. The van der Waals surface area contributed by atoms with Gasteiger partial charge in [0, 0.05) is 12.8 Å². The molecule has 0 radical (unpaired) electrons. The van der Waals surface area contributed by atoms with Crippen LogP contribution in [0.4, 0.5) is 0 Å². The van der Waals surface area contributed by atoms with Gasteiger partial charge in [-0.1, -0.05) is 309 Å². The van der Waals surface area contributed by atoms with E-state index >= 15 is 0 Å². The number of nitrogens with one attached hydrogen (secondary N) is 1. The van der Waals surface area contributed by atoms with E-state index in [4.69, 9.17) is 4.74 Å². The molecule has 67 heavy (non-hydrogen) atoms. The van der Waals surface area contributed by atoms with Crippen LogP contribution in [0.1, 0.15) is 341 Å². The van der Waals surface area contributed by atoms with Crippen molar-refractivity contribution in [3.63, 3.8) is 0 Å². The van der Waals surface area contributed by atoms with E-state index in [0.717, 1.165) is 38.5 Å². The van der Waals surface area contributed by atoms with E-state index in [1.54, 1.807) is 6.08 Å². The Morgan fingerprint density at radius 2 is 0.687 bits per heavy atom. The van der Waals surface area contributed by atoms with Gasteiger partial charge >= 0.3 is 5.97 Å². The van der Waals surface area contributed by atoms with Crippen molar-refractivity contribution in [1.29, 1.82) is 0 Å². The molecule has 1 amide bonds. The van der Waals surface area contributed by atoms with Crippen LogP contribution in [-0.2, 0) is 14.3 Å². The molecule has 2 atom stereocenters. The van der Waals surface area contributed by atoms with Crippen LogP contribution in [0, 0.1) is 0 Å². The summed E-state index contributed by atoms with van der Waals surface area (Å²) in [6.07, 6.45) is 68.3. The normalized spacial score (nSPS) is 12.6. The minimum absolute atomic E-state index is 0.0165. The Balaban J connectivity index is 3.34. The number of allylic oxidation sites excluding steroid dienone is 1. The first-order valence-corrected chi connectivity index (χ1v) is 30.5. The topological polar surface area (TPSA) is 95.9 Å². The SMILES string of the molecule is CCCCCCCCCC/C=C/C(O)C(CO)NC(=O)CCCCCCCCCCCCCCCCCCCCCCCOC(=O)CCCCCCCCCCCCCCCCCCCCC. The molecule has 3 N–H and O–H groups in total. The van der Waals surface area contributed by atoms with Crippen molar-refractivity contribution < 1.29 is 24.5 Å². The van der Waals surface area contributed by atoms with Crippen molar-refractivity contribution >= 4 is 11.9 Å². The Morgan fingerprint density at radius 3 is 1.01 bits per heavy atom. The summed E-state index contributed by atoms with van der Waals surface area (Å²) >= 11 is 0. The van der Waals surface area contributed by atoms with Gasteiger partial charge in [-0.15, -0.1) is 0 Å². The predicted octanol–water partition coefficient (Wildman–Crippen LogP) is 18.9. The number of unbranched alkanes of at least 4 members (excludes halogenated alkanes) is 46. The molecule has 6 heteroatoms. The van der Waals surface area contributed by atoms with E-state index < -0.39 is 12.1 Å². The third-order valence-corrected chi connectivity index (χ3v) is 14.3. The number of ether oxygens (including phenoxy) is 1. The molecule has 398 valence electrons. The molecule has 0 saturated carbocycles. The Hall–Kier alpha value is -1.40. The van der Waals surface area contributed by atoms with Crippen molar-refractivity contribution in [2.45, 2.75) is 353 Å². The van der Waals surface area contributed by atoms with E-state index in [-0.39, 0.29) is 18.5 Å². The molecule has 2 unspecified atom stereocenters. The third-order valence-electron chi connectivity index (χ3n) is 14.3. The van der Waals surface area contributed by atoms with Gasteiger partial charge in [-0.05, 0) is 32.1 Å². The maximum absolute atomic E-state index is 12.4. The molecule has 0 aromatic rings. The zero-order chi connectivity index (χ0) is 48.6. The predicted molar refractivity (Wildman–Crippen MR) is 292 cm³/mol. The zero-order valence-corrected chi connectivity index (χ0v) is 45.4. The average Bonchev–Trinajstić information content (AvgIpc) is 3.33. The second kappa shape index (κ2) is 57.2. The highest BCUT2D eigenvalue weighted by Gasteiger charge is 2.18. The maximum atomic E-state index is 12.4. The molecule has 0 saturated heterocycles. The smallest absolute Gasteiger partial charge is 0.305 e. The van der Waals surface area contributed by atoms with Gasteiger partial charge in [0.1, 0.15) is 0 Å². The lowest BCUT2D eigenvalue weighted by Gasteiger charge is -2.20. The zero-order valence-electron chi connectivity index (χ0n) is 45.4. The van der Waals surface area contributed by atoms with Crippen LogP contribution in [0.25, 0.3) is 0 Å². The lowest BCUT2D eigenvalue weighted by molar-refractivity contribution is -0.143. The Kier molecular flexibility index (Phi) is 56.0. The highest BCUT2D eigenvalue weighted by molar-refractivity contribution is 5.76. The van der Waals surface area contributed by atoms with E-state index in [9.17, 15) is 19.8 Å². The van der Waals surface area contributed by atoms with Crippen LogP contribution >= 0.6 is 0 Å². The molecule has 0 heterocycles. The highest BCUT2D eigenvalue weighted by atomic mass is 16.5. The van der Waals surface area contributed by atoms with Crippen molar-refractivity contribution in [3.05, 3.63) is 12.2 Å². The summed E-state index contributed by atoms with van der Waals surface area (Å²) in [7, 11) is 0. The third kappa shape index (κ3) is 53.8. The van der Waals surface area contributed by atoms with Crippen molar-refractivity contribution in [2.24, 2.45) is 0 Å². The first-order valence-electron chi connectivity index (χ1n) is 30.5. The molecular formula is C61H119NO5. The monoisotopic (exact) mass is 946 g/mol. The van der Waals surface area contributed by atoms with E-state index in [2.05, 4.69) is 19.2 Å². The van der Waals surface area contributed by atoms with Crippen molar-refractivity contribution in [2.75, 3.05) is 13.2 Å². The Labute approximate surface area is 419 Å². The largest absolute Gasteiger partial charge is 0.466 e. The summed E-state index contributed by atoms with van der Waals surface area (Å²) in [6, 6.07) is -0.626. The van der Waals surface area contributed by atoms with Crippen molar-refractivity contribution in [1.82, 2.24) is 5.32 Å². The number of carbonyl (C=O) groups excluding carboxylic acids is 2. The molecule has 0 bridgehead atoms. The first kappa shape index (κ1) is 65.6. The van der Waals surface area contributed by atoms with E-state index in [1.807, 2.05) is 6.08 Å². The number of hydrogen-bond acceptors (Lipinski definition) is 5. The van der Waals surface area contributed by atoms with Crippen LogP contribution in [0.3, 0.4) is 0 Å². The standard InChI is InChI=1S/C61H119NO5/c1-3-5-7-9-11-13-15-16-17-18-22-26-29-32-35-39-43-47-51-55-61(66)67-56-52-48-44-40-36-33-30-27-24-21-19-20-23-25-28-31-34-38-42-46-50-54-60(65)62-58(57-63)59(64)53-49-45-41-37-14-12-10-8-6-4-2/h49,53,58-59,63-64H,3-48,50-52,54-57H2,1-2H3,(H,62,65)/b53-49+. The summed E-state index contributed by atoms with van der Waals surface area (Å²) in [6.45, 7) is 4.91. The van der Waals surface area contributed by atoms with E-state index in [0.29, 0.717) is 19.4 Å². The summed E-state index contributed by atoms with van der Waals surface area (Å²) < 4.78 is 5.50. The summed E-state index contributed by atoms with van der Waals surface area (Å²) in [4.78, 5) is 24.5. The number of hydrogen-bond donors (Lipinski definition) is 3. The number of esters is 1. The van der Waals surface area contributed by atoms with Gasteiger partial charge < -0.3 is 20.3 Å². The number of aliphatic hydroxyl groups excluding tert-OH is 2. The number of carbonyl (C=O) groups is 2. The van der Waals surface area contributed by atoms with Crippen LogP contribution < -0.4 is 5.32 Å². The second-order valence-electron chi connectivity index (χ2n) is 21.0.